The minimum atomic E-state index is -0.338. The number of hydrogen-bond acceptors (Lipinski definition) is 5. The first-order chi connectivity index (χ1) is 14.6. The van der Waals surface area contributed by atoms with E-state index in [2.05, 4.69) is 17.6 Å². The smallest absolute Gasteiger partial charge is 0.338 e. The number of amides is 1. The molecular formula is C24H32N2O4. The van der Waals surface area contributed by atoms with Crippen molar-refractivity contribution in [3.8, 4) is 5.75 Å². The molecule has 0 spiro atoms. The standard InChI is InChI=1S/C24H32N2O4/c1-3-5-6-7-17-29-22-14-12-21(13-15-22)26-23(27)18-25-20-10-8-19(9-11-20)24(28)30-16-4-2/h8-15,25H,3-7,16-18H2,1-2H3,(H,26,27). The average Bonchev–Trinajstić information content (AvgIpc) is 2.77. The molecule has 0 unspecified atom stereocenters. The molecule has 162 valence electrons. The van der Waals surface area contributed by atoms with Gasteiger partial charge in [-0.2, -0.15) is 0 Å². The Morgan fingerprint density at radius 2 is 1.50 bits per heavy atom. The van der Waals surface area contributed by atoms with Crippen LogP contribution in [-0.4, -0.2) is 31.6 Å². The van der Waals surface area contributed by atoms with Crippen molar-refractivity contribution < 1.29 is 19.1 Å². The Balaban J connectivity index is 1.72. The first-order valence-corrected chi connectivity index (χ1v) is 10.7. The molecule has 0 bridgehead atoms. The third-order valence-electron chi connectivity index (χ3n) is 4.42. The molecular weight excluding hydrogens is 380 g/mol. The van der Waals surface area contributed by atoms with Gasteiger partial charge in [0.25, 0.3) is 0 Å². The van der Waals surface area contributed by atoms with Crippen LogP contribution in [0.25, 0.3) is 0 Å². The topological polar surface area (TPSA) is 76.7 Å². The lowest BCUT2D eigenvalue weighted by Crippen LogP contribution is -2.21. The predicted octanol–water partition coefficient (Wildman–Crippen LogP) is 5.26. The summed E-state index contributed by atoms with van der Waals surface area (Å²) in [6, 6.07) is 14.2. The summed E-state index contributed by atoms with van der Waals surface area (Å²) in [5.74, 6) is 0.310. The van der Waals surface area contributed by atoms with Gasteiger partial charge in [0.1, 0.15) is 5.75 Å². The van der Waals surface area contributed by atoms with Crippen molar-refractivity contribution in [2.75, 3.05) is 30.4 Å². The second-order valence-corrected chi connectivity index (χ2v) is 7.05. The van der Waals surface area contributed by atoms with Crippen LogP contribution < -0.4 is 15.4 Å². The second-order valence-electron chi connectivity index (χ2n) is 7.05. The van der Waals surface area contributed by atoms with Gasteiger partial charge in [-0.05, 0) is 61.4 Å². The summed E-state index contributed by atoms with van der Waals surface area (Å²) in [6.07, 6.45) is 5.47. The van der Waals surface area contributed by atoms with Crippen LogP contribution in [0.2, 0.25) is 0 Å². The van der Waals surface area contributed by atoms with E-state index in [1.165, 1.54) is 19.3 Å². The van der Waals surface area contributed by atoms with E-state index < -0.39 is 0 Å². The van der Waals surface area contributed by atoms with Gasteiger partial charge in [-0.3, -0.25) is 4.79 Å². The molecule has 0 aliphatic carbocycles. The van der Waals surface area contributed by atoms with Gasteiger partial charge >= 0.3 is 5.97 Å². The number of unbranched alkanes of at least 4 members (excludes halogenated alkanes) is 3. The molecule has 2 rings (SSSR count). The molecule has 0 saturated heterocycles. The fraction of sp³-hybridized carbons (Fsp3) is 0.417. The van der Waals surface area contributed by atoms with Crippen LogP contribution in [0.15, 0.2) is 48.5 Å². The Kier molecular flexibility index (Phi) is 10.3. The molecule has 0 fully saturated rings. The number of hydrogen-bond donors (Lipinski definition) is 2. The van der Waals surface area contributed by atoms with Crippen molar-refractivity contribution in [2.24, 2.45) is 0 Å². The Morgan fingerprint density at radius 1 is 0.800 bits per heavy atom. The average molecular weight is 413 g/mol. The zero-order valence-electron chi connectivity index (χ0n) is 17.9. The molecule has 1 amide bonds. The first-order valence-electron chi connectivity index (χ1n) is 10.7. The van der Waals surface area contributed by atoms with Gasteiger partial charge < -0.3 is 20.1 Å². The molecule has 0 heterocycles. The molecule has 0 radical (unpaired) electrons. The molecule has 0 aromatic heterocycles. The Morgan fingerprint density at radius 3 is 2.17 bits per heavy atom. The highest BCUT2D eigenvalue weighted by molar-refractivity contribution is 5.94. The quantitative estimate of drug-likeness (QED) is 0.346. The number of esters is 1. The molecule has 6 heteroatoms. The van der Waals surface area contributed by atoms with Crippen molar-refractivity contribution in [3.63, 3.8) is 0 Å². The third-order valence-corrected chi connectivity index (χ3v) is 4.42. The van der Waals surface area contributed by atoms with Gasteiger partial charge in [0.2, 0.25) is 5.91 Å². The lowest BCUT2D eigenvalue weighted by atomic mass is 10.2. The molecule has 2 aromatic carbocycles. The maximum Gasteiger partial charge on any atom is 0.338 e. The van der Waals surface area contributed by atoms with Crippen molar-refractivity contribution in [2.45, 2.75) is 46.0 Å². The molecule has 6 nitrogen and oxygen atoms in total. The van der Waals surface area contributed by atoms with E-state index in [0.717, 1.165) is 24.3 Å². The minimum absolute atomic E-state index is 0.120. The Labute approximate surface area is 179 Å². The van der Waals surface area contributed by atoms with E-state index in [-0.39, 0.29) is 18.4 Å². The number of nitrogens with one attached hydrogen (secondary N) is 2. The normalized spacial score (nSPS) is 10.3. The van der Waals surface area contributed by atoms with Gasteiger partial charge in [0.15, 0.2) is 0 Å². The summed E-state index contributed by atoms with van der Waals surface area (Å²) in [4.78, 5) is 24.0. The second kappa shape index (κ2) is 13.2. The number of carbonyl (C=O) groups excluding carboxylic acids is 2. The maximum atomic E-state index is 12.2. The van der Waals surface area contributed by atoms with Gasteiger partial charge in [0.05, 0.1) is 25.3 Å². The van der Waals surface area contributed by atoms with E-state index in [1.54, 1.807) is 24.3 Å². The molecule has 0 saturated carbocycles. The third kappa shape index (κ3) is 8.55. The lowest BCUT2D eigenvalue weighted by molar-refractivity contribution is -0.114. The fourth-order valence-electron chi connectivity index (χ4n) is 2.74. The minimum Gasteiger partial charge on any atom is -0.494 e. The first kappa shape index (κ1) is 23.3. The van der Waals surface area contributed by atoms with Crippen LogP contribution >= 0.6 is 0 Å². The van der Waals surface area contributed by atoms with Crippen LogP contribution in [0.5, 0.6) is 5.75 Å². The largest absolute Gasteiger partial charge is 0.494 e. The number of carbonyl (C=O) groups is 2. The molecule has 0 aliphatic rings. The van der Waals surface area contributed by atoms with Gasteiger partial charge in [-0.15, -0.1) is 0 Å². The van der Waals surface area contributed by atoms with Crippen LogP contribution in [0.1, 0.15) is 56.3 Å². The van der Waals surface area contributed by atoms with Crippen LogP contribution in [0.3, 0.4) is 0 Å². The monoisotopic (exact) mass is 412 g/mol. The number of anilines is 2. The zero-order chi connectivity index (χ0) is 21.6. The molecule has 2 N–H and O–H groups in total. The zero-order valence-corrected chi connectivity index (χ0v) is 17.9. The summed E-state index contributed by atoms with van der Waals surface area (Å²) in [5, 5.41) is 5.89. The van der Waals surface area contributed by atoms with E-state index >= 15 is 0 Å². The summed E-state index contributed by atoms with van der Waals surface area (Å²) in [7, 11) is 0. The van der Waals surface area contributed by atoms with Gasteiger partial charge in [-0.25, -0.2) is 4.79 Å². The summed E-state index contributed by atoms with van der Waals surface area (Å²) in [6.45, 7) is 5.38. The van der Waals surface area contributed by atoms with E-state index in [4.69, 9.17) is 9.47 Å². The van der Waals surface area contributed by atoms with Crippen molar-refractivity contribution in [3.05, 3.63) is 54.1 Å². The molecule has 30 heavy (non-hydrogen) atoms. The van der Waals surface area contributed by atoms with Gasteiger partial charge in [-0.1, -0.05) is 33.1 Å². The van der Waals surface area contributed by atoms with E-state index in [1.807, 2.05) is 31.2 Å². The van der Waals surface area contributed by atoms with Crippen molar-refractivity contribution in [1.82, 2.24) is 0 Å². The summed E-state index contributed by atoms with van der Waals surface area (Å²) in [5.41, 5.74) is 1.96. The SMILES string of the molecule is CCCCCCOc1ccc(NC(=O)CNc2ccc(C(=O)OCCC)cc2)cc1. The Bertz CT molecular complexity index is 773. The highest BCUT2D eigenvalue weighted by atomic mass is 16.5. The highest BCUT2D eigenvalue weighted by Gasteiger charge is 2.07. The van der Waals surface area contributed by atoms with Crippen LogP contribution in [-0.2, 0) is 9.53 Å². The number of rotatable bonds is 13. The van der Waals surface area contributed by atoms with E-state index in [9.17, 15) is 9.59 Å². The fourth-order valence-corrected chi connectivity index (χ4v) is 2.74. The van der Waals surface area contributed by atoms with Crippen LogP contribution in [0.4, 0.5) is 11.4 Å². The maximum absolute atomic E-state index is 12.2. The van der Waals surface area contributed by atoms with Crippen LogP contribution in [0, 0.1) is 0 Å². The predicted molar refractivity (Wildman–Crippen MR) is 120 cm³/mol. The Hall–Kier alpha value is -3.02. The van der Waals surface area contributed by atoms with Gasteiger partial charge in [0, 0.05) is 11.4 Å². The van der Waals surface area contributed by atoms with Crippen molar-refractivity contribution in [1.29, 1.82) is 0 Å². The summed E-state index contributed by atoms with van der Waals surface area (Å²) >= 11 is 0. The number of benzene rings is 2. The molecule has 2 aromatic rings. The molecule has 0 atom stereocenters. The lowest BCUT2D eigenvalue weighted by Gasteiger charge is -2.10. The van der Waals surface area contributed by atoms with E-state index in [0.29, 0.717) is 24.5 Å². The summed E-state index contributed by atoms with van der Waals surface area (Å²) < 4.78 is 10.8. The molecule has 0 aliphatic heterocycles. The number of ether oxygens (including phenoxy) is 2. The van der Waals surface area contributed by atoms with Crippen molar-refractivity contribution >= 4 is 23.3 Å². The highest BCUT2D eigenvalue weighted by Crippen LogP contribution is 2.16.